The first-order chi connectivity index (χ1) is 15.0. The van der Waals surface area contributed by atoms with Crippen molar-refractivity contribution in [2.45, 2.75) is 26.1 Å². The van der Waals surface area contributed by atoms with Crippen molar-refractivity contribution < 1.29 is 22.8 Å². The fraction of sp³-hybridized carbons (Fsp3) is 0.238. The second-order valence-corrected chi connectivity index (χ2v) is 7.08. The number of nitro groups is 1. The molecule has 0 aliphatic carbocycles. The molecule has 0 spiro atoms. The van der Waals surface area contributed by atoms with Gasteiger partial charge in [-0.15, -0.1) is 0 Å². The predicted molar refractivity (Wildman–Crippen MR) is 114 cm³/mol. The third-order valence-corrected chi connectivity index (χ3v) is 4.32. The maximum absolute atomic E-state index is 13.5. The number of nitrogens with zero attached hydrogens (tertiary/aromatic N) is 4. The number of rotatable bonds is 7. The number of anilines is 4. The van der Waals surface area contributed by atoms with Crippen LogP contribution in [0.1, 0.15) is 19.4 Å². The minimum Gasteiger partial charge on any atom is -0.491 e. The van der Waals surface area contributed by atoms with Crippen LogP contribution in [0.4, 0.5) is 42.0 Å². The number of hydrogen-bond acceptors (Lipinski definition) is 7. The van der Waals surface area contributed by atoms with Crippen LogP contribution in [0, 0.1) is 10.1 Å². The van der Waals surface area contributed by atoms with Crippen molar-refractivity contribution in [2.24, 2.45) is 0 Å². The van der Waals surface area contributed by atoms with Crippen molar-refractivity contribution in [3.05, 3.63) is 70.4 Å². The van der Waals surface area contributed by atoms with Gasteiger partial charge in [-0.25, -0.2) is 4.98 Å². The van der Waals surface area contributed by atoms with Gasteiger partial charge in [0.1, 0.15) is 17.1 Å². The Bertz CT molecular complexity index is 1090. The average molecular weight is 447 g/mol. The Morgan fingerprint density at radius 1 is 1.09 bits per heavy atom. The molecule has 0 fully saturated rings. The van der Waals surface area contributed by atoms with E-state index in [4.69, 9.17) is 4.74 Å². The molecule has 1 heterocycles. The van der Waals surface area contributed by atoms with Crippen molar-refractivity contribution >= 4 is 28.8 Å². The summed E-state index contributed by atoms with van der Waals surface area (Å²) in [7, 11) is 1.55. The number of non-ortho nitro benzene ring substituents is 1. The maximum Gasteiger partial charge on any atom is 0.421 e. The number of hydrogen-bond donors (Lipinski definition) is 1. The van der Waals surface area contributed by atoms with Crippen LogP contribution in [0.5, 0.6) is 5.75 Å². The third-order valence-electron chi connectivity index (χ3n) is 4.32. The fourth-order valence-electron chi connectivity index (χ4n) is 2.78. The lowest BCUT2D eigenvalue weighted by atomic mass is 10.2. The topological polar surface area (TPSA) is 93.4 Å². The van der Waals surface area contributed by atoms with Gasteiger partial charge in [-0.3, -0.25) is 10.1 Å². The highest BCUT2D eigenvalue weighted by atomic mass is 19.4. The van der Waals surface area contributed by atoms with Crippen LogP contribution in [0.15, 0.2) is 54.7 Å². The molecule has 0 aliphatic heterocycles. The van der Waals surface area contributed by atoms with Gasteiger partial charge in [0.2, 0.25) is 5.95 Å². The monoisotopic (exact) mass is 447 g/mol. The molecule has 0 unspecified atom stereocenters. The quantitative estimate of drug-likeness (QED) is 0.367. The van der Waals surface area contributed by atoms with Gasteiger partial charge in [-0.05, 0) is 50.2 Å². The zero-order chi connectivity index (χ0) is 23.5. The summed E-state index contributed by atoms with van der Waals surface area (Å²) in [5, 5.41) is 13.5. The van der Waals surface area contributed by atoms with E-state index in [1.807, 2.05) is 13.8 Å². The summed E-state index contributed by atoms with van der Waals surface area (Å²) < 4.78 is 46.1. The molecule has 3 aromatic rings. The van der Waals surface area contributed by atoms with Crippen molar-refractivity contribution in [3.63, 3.8) is 0 Å². The number of halogens is 3. The number of benzene rings is 2. The van der Waals surface area contributed by atoms with Crippen LogP contribution in [0.25, 0.3) is 0 Å². The van der Waals surface area contributed by atoms with E-state index in [-0.39, 0.29) is 17.7 Å². The molecule has 0 bridgehead atoms. The molecule has 1 aromatic heterocycles. The van der Waals surface area contributed by atoms with Crippen molar-refractivity contribution in [3.8, 4) is 5.75 Å². The molecule has 0 aliphatic rings. The van der Waals surface area contributed by atoms with Crippen LogP contribution in [-0.2, 0) is 6.18 Å². The van der Waals surface area contributed by atoms with E-state index in [2.05, 4.69) is 15.3 Å². The first-order valence-electron chi connectivity index (χ1n) is 9.51. The van der Waals surface area contributed by atoms with Gasteiger partial charge in [-0.1, -0.05) is 0 Å². The molecular formula is C21H20F3N5O3. The van der Waals surface area contributed by atoms with Crippen molar-refractivity contribution in [2.75, 3.05) is 17.3 Å². The summed E-state index contributed by atoms with van der Waals surface area (Å²) in [6.45, 7) is 3.73. The first kappa shape index (κ1) is 22.8. The summed E-state index contributed by atoms with van der Waals surface area (Å²) in [5.74, 6) is 0.144. The largest absolute Gasteiger partial charge is 0.491 e. The molecule has 0 radical (unpaired) electrons. The number of ether oxygens (including phenoxy) is 1. The standard InChI is InChI=1S/C21H20F3N5O3/c1-13(2)32-17-10-4-14(5-11-17)26-19-18(21(22,23)24)12-25-20(27-19)28(3)15-6-8-16(9-7-15)29(30)31/h4-13H,1-3H3,(H,25,26,27). The second-order valence-electron chi connectivity index (χ2n) is 7.08. The number of alkyl halides is 3. The highest BCUT2D eigenvalue weighted by molar-refractivity contribution is 5.64. The lowest BCUT2D eigenvalue weighted by Crippen LogP contribution is -2.17. The molecule has 2 aromatic carbocycles. The van der Waals surface area contributed by atoms with Gasteiger partial charge in [0.15, 0.2) is 0 Å². The lowest BCUT2D eigenvalue weighted by molar-refractivity contribution is -0.384. The van der Waals surface area contributed by atoms with Crippen LogP contribution in [-0.4, -0.2) is 28.0 Å². The second kappa shape index (κ2) is 9.08. The molecule has 11 heteroatoms. The Hall–Kier alpha value is -3.89. The van der Waals surface area contributed by atoms with Gasteiger partial charge in [0.05, 0.1) is 11.0 Å². The summed E-state index contributed by atoms with van der Waals surface area (Å²) in [4.78, 5) is 19.6. The predicted octanol–water partition coefficient (Wildman–Crippen LogP) is 5.70. The van der Waals surface area contributed by atoms with E-state index in [1.54, 1.807) is 31.3 Å². The van der Waals surface area contributed by atoms with Gasteiger partial charge in [0, 0.05) is 36.8 Å². The number of aromatic nitrogens is 2. The molecule has 3 rings (SSSR count). The highest BCUT2D eigenvalue weighted by Crippen LogP contribution is 2.36. The van der Waals surface area contributed by atoms with E-state index in [1.165, 1.54) is 29.2 Å². The number of nitro benzene ring substituents is 1. The minimum absolute atomic E-state index is 0.0193. The van der Waals surface area contributed by atoms with Gasteiger partial charge < -0.3 is 15.0 Å². The number of nitrogens with one attached hydrogen (secondary N) is 1. The zero-order valence-electron chi connectivity index (χ0n) is 17.4. The Morgan fingerprint density at radius 2 is 1.72 bits per heavy atom. The molecular weight excluding hydrogens is 427 g/mol. The van der Waals surface area contributed by atoms with E-state index in [9.17, 15) is 23.3 Å². The molecule has 8 nitrogen and oxygen atoms in total. The SMILES string of the molecule is CC(C)Oc1ccc(Nc2nc(N(C)c3ccc([N+](=O)[O-])cc3)ncc2C(F)(F)F)cc1. The summed E-state index contributed by atoms with van der Waals surface area (Å²) in [6.07, 6.45) is -4.01. The fourth-order valence-corrected chi connectivity index (χ4v) is 2.78. The Labute approximate surface area is 181 Å². The minimum atomic E-state index is -4.67. The Morgan fingerprint density at radius 3 is 2.25 bits per heavy atom. The van der Waals surface area contributed by atoms with Crippen LogP contribution in [0.2, 0.25) is 0 Å². The summed E-state index contributed by atoms with van der Waals surface area (Å²) in [5.41, 5.74) is -0.283. The van der Waals surface area contributed by atoms with Crippen LogP contribution >= 0.6 is 0 Å². The van der Waals surface area contributed by atoms with Crippen molar-refractivity contribution in [1.29, 1.82) is 0 Å². The first-order valence-corrected chi connectivity index (χ1v) is 9.51. The van der Waals surface area contributed by atoms with Crippen LogP contribution in [0.3, 0.4) is 0 Å². The summed E-state index contributed by atoms with van der Waals surface area (Å²) in [6, 6.07) is 11.9. The summed E-state index contributed by atoms with van der Waals surface area (Å²) >= 11 is 0. The third kappa shape index (κ3) is 5.42. The van der Waals surface area contributed by atoms with Crippen molar-refractivity contribution in [1.82, 2.24) is 9.97 Å². The van der Waals surface area contributed by atoms with Gasteiger partial charge in [-0.2, -0.15) is 18.2 Å². The molecule has 0 saturated heterocycles. The molecule has 32 heavy (non-hydrogen) atoms. The van der Waals surface area contributed by atoms with E-state index < -0.39 is 22.5 Å². The lowest BCUT2D eigenvalue weighted by Gasteiger charge is -2.20. The van der Waals surface area contributed by atoms with Crippen LogP contribution < -0.4 is 15.0 Å². The molecule has 0 saturated carbocycles. The Balaban J connectivity index is 1.92. The van der Waals surface area contributed by atoms with Gasteiger partial charge in [0.25, 0.3) is 5.69 Å². The average Bonchev–Trinajstić information content (AvgIpc) is 2.73. The normalized spacial score (nSPS) is 11.3. The van der Waals surface area contributed by atoms with Gasteiger partial charge >= 0.3 is 6.18 Å². The Kier molecular flexibility index (Phi) is 6.47. The molecule has 1 N–H and O–H groups in total. The van der Waals surface area contributed by atoms with E-state index in [0.29, 0.717) is 23.3 Å². The van der Waals surface area contributed by atoms with E-state index >= 15 is 0 Å². The zero-order valence-corrected chi connectivity index (χ0v) is 17.4. The molecule has 0 amide bonds. The smallest absolute Gasteiger partial charge is 0.421 e. The maximum atomic E-state index is 13.5. The molecule has 0 atom stereocenters. The molecule has 168 valence electrons. The highest BCUT2D eigenvalue weighted by Gasteiger charge is 2.35. The van der Waals surface area contributed by atoms with E-state index in [0.717, 1.165) is 0 Å².